The first-order chi connectivity index (χ1) is 7.52. The number of ether oxygens (including phenoxy) is 1. The molecule has 0 unspecified atom stereocenters. The van der Waals surface area contributed by atoms with Crippen LogP contribution in [0.5, 0.6) is 0 Å². The minimum Gasteiger partial charge on any atom is -0.469 e. The highest BCUT2D eigenvalue weighted by Gasteiger charge is 2.10. The van der Waals surface area contributed by atoms with E-state index >= 15 is 0 Å². The van der Waals surface area contributed by atoms with Crippen LogP contribution in [-0.4, -0.2) is 33.6 Å². The highest BCUT2D eigenvalue weighted by molar-refractivity contribution is 5.95. The molecule has 0 atom stereocenters. The summed E-state index contributed by atoms with van der Waals surface area (Å²) in [4.78, 5) is 26.3. The van der Waals surface area contributed by atoms with Gasteiger partial charge in [-0.25, -0.2) is 9.67 Å². The number of nitrogens with zero attached hydrogens (tertiary/aromatic N) is 3. The predicted octanol–water partition coefficient (Wildman–Crippen LogP) is 0.417. The number of hydrogen-bond acceptors (Lipinski definition) is 5. The molecule has 0 bridgehead atoms. The predicted molar refractivity (Wildman–Crippen MR) is 55.8 cm³/mol. The fourth-order valence-corrected chi connectivity index (χ4v) is 1.33. The highest BCUT2D eigenvalue weighted by atomic mass is 16.5. The lowest BCUT2D eigenvalue weighted by Crippen LogP contribution is -2.13. The van der Waals surface area contributed by atoms with Crippen molar-refractivity contribution in [1.29, 1.82) is 0 Å². The first-order valence-electron chi connectivity index (χ1n) is 4.99. The standard InChI is InChI=1S/C10H15N3O3/c1-7-11-8(2)13(12-7)5-4-9(14)6-10(15)16-3/h4-6H2,1-3H3. The zero-order valence-corrected chi connectivity index (χ0v) is 9.69. The van der Waals surface area contributed by atoms with Gasteiger partial charge in [-0.1, -0.05) is 0 Å². The Kier molecular flexibility index (Phi) is 4.16. The van der Waals surface area contributed by atoms with Gasteiger partial charge in [0.05, 0.1) is 7.11 Å². The SMILES string of the molecule is COC(=O)CC(=O)CCn1nc(C)nc1C. The van der Waals surface area contributed by atoms with E-state index in [1.165, 1.54) is 7.11 Å². The van der Waals surface area contributed by atoms with Crippen LogP contribution in [0.15, 0.2) is 0 Å². The van der Waals surface area contributed by atoms with Crippen LogP contribution in [0.4, 0.5) is 0 Å². The molecule has 1 aromatic heterocycles. The Balaban J connectivity index is 2.43. The summed E-state index contributed by atoms with van der Waals surface area (Å²) in [5.41, 5.74) is 0. The van der Waals surface area contributed by atoms with Gasteiger partial charge in [0.15, 0.2) is 0 Å². The van der Waals surface area contributed by atoms with E-state index in [0.29, 0.717) is 12.4 Å². The second-order valence-corrected chi connectivity index (χ2v) is 3.47. The van der Waals surface area contributed by atoms with Crippen LogP contribution < -0.4 is 0 Å². The van der Waals surface area contributed by atoms with Gasteiger partial charge >= 0.3 is 5.97 Å². The van der Waals surface area contributed by atoms with Crippen molar-refractivity contribution >= 4 is 11.8 Å². The molecular formula is C10H15N3O3. The molecule has 0 N–H and O–H groups in total. The topological polar surface area (TPSA) is 74.1 Å². The number of esters is 1. The lowest BCUT2D eigenvalue weighted by molar-refractivity contribution is -0.143. The highest BCUT2D eigenvalue weighted by Crippen LogP contribution is 2.00. The van der Waals surface area contributed by atoms with Gasteiger partial charge in [-0.05, 0) is 13.8 Å². The number of Topliss-reactive ketones (excluding diaryl/α,β-unsaturated/α-hetero) is 1. The summed E-state index contributed by atoms with van der Waals surface area (Å²) in [6, 6.07) is 0. The number of ketones is 1. The maximum Gasteiger partial charge on any atom is 0.313 e. The van der Waals surface area contributed by atoms with Crippen molar-refractivity contribution in [3.63, 3.8) is 0 Å². The second kappa shape index (κ2) is 5.39. The molecule has 0 aromatic carbocycles. The number of carbonyl (C=O) groups excluding carboxylic acids is 2. The summed E-state index contributed by atoms with van der Waals surface area (Å²) in [5, 5.41) is 4.12. The first kappa shape index (κ1) is 12.4. The smallest absolute Gasteiger partial charge is 0.313 e. The molecule has 16 heavy (non-hydrogen) atoms. The van der Waals surface area contributed by atoms with Crippen molar-refractivity contribution in [3.8, 4) is 0 Å². The van der Waals surface area contributed by atoms with Crippen molar-refractivity contribution in [3.05, 3.63) is 11.6 Å². The van der Waals surface area contributed by atoms with Crippen LogP contribution in [0.2, 0.25) is 0 Å². The first-order valence-corrected chi connectivity index (χ1v) is 4.99. The van der Waals surface area contributed by atoms with Crippen molar-refractivity contribution in [1.82, 2.24) is 14.8 Å². The number of methoxy groups -OCH3 is 1. The van der Waals surface area contributed by atoms with Crippen LogP contribution in [-0.2, 0) is 20.9 Å². The Bertz CT molecular complexity index is 398. The Morgan fingerprint density at radius 1 is 1.38 bits per heavy atom. The lowest BCUT2D eigenvalue weighted by Gasteiger charge is -2.02. The van der Waals surface area contributed by atoms with Gasteiger partial charge in [-0.3, -0.25) is 9.59 Å². The van der Waals surface area contributed by atoms with Gasteiger partial charge in [0, 0.05) is 13.0 Å². The molecule has 0 amide bonds. The van der Waals surface area contributed by atoms with E-state index in [1.54, 1.807) is 11.6 Å². The van der Waals surface area contributed by atoms with Crippen LogP contribution in [0.3, 0.4) is 0 Å². The van der Waals surface area contributed by atoms with E-state index in [-0.39, 0.29) is 18.6 Å². The van der Waals surface area contributed by atoms with E-state index in [0.717, 1.165) is 5.82 Å². The van der Waals surface area contributed by atoms with Gasteiger partial charge < -0.3 is 4.74 Å². The third-order valence-corrected chi connectivity index (χ3v) is 2.13. The fourth-order valence-electron chi connectivity index (χ4n) is 1.33. The Hall–Kier alpha value is -1.72. The Morgan fingerprint density at radius 3 is 2.56 bits per heavy atom. The average molecular weight is 225 g/mol. The van der Waals surface area contributed by atoms with Crippen molar-refractivity contribution < 1.29 is 14.3 Å². The van der Waals surface area contributed by atoms with E-state index in [4.69, 9.17) is 0 Å². The van der Waals surface area contributed by atoms with Crippen molar-refractivity contribution in [2.45, 2.75) is 33.2 Å². The third kappa shape index (κ3) is 3.45. The summed E-state index contributed by atoms with van der Waals surface area (Å²) in [7, 11) is 1.26. The number of rotatable bonds is 5. The molecular weight excluding hydrogens is 210 g/mol. The molecule has 1 heterocycles. The largest absolute Gasteiger partial charge is 0.469 e. The molecule has 1 rings (SSSR count). The molecule has 0 aliphatic carbocycles. The molecule has 0 spiro atoms. The Labute approximate surface area is 93.6 Å². The summed E-state index contributed by atoms with van der Waals surface area (Å²) >= 11 is 0. The van der Waals surface area contributed by atoms with Gasteiger partial charge in [-0.2, -0.15) is 5.10 Å². The molecule has 0 saturated carbocycles. The van der Waals surface area contributed by atoms with Crippen molar-refractivity contribution in [2.75, 3.05) is 7.11 Å². The minimum absolute atomic E-state index is 0.153. The molecule has 88 valence electrons. The van der Waals surface area contributed by atoms with E-state index in [1.807, 2.05) is 6.92 Å². The summed E-state index contributed by atoms with van der Waals surface area (Å²) in [5.74, 6) is 0.789. The van der Waals surface area contributed by atoms with Crippen molar-refractivity contribution in [2.24, 2.45) is 0 Å². The molecule has 0 radical (unpaired) electrons. The van der Waals surface area contributed by atoms with Crippen LogP contribution in [0.25, 0.3) is 0 Å². The molecule has 0 aliphatic heterocycles. The summed E-state index contributed by atoms with van der Waals surface area (Å²) < 4.78 is 6.06. The average Bonchev–Trinajstić information content (AvgIpc) is 2.54. The number of aromatic nitrogens is 3. The number of hydrogen-bond donors (Lipinski definition) is 0. The molecule has 1 aromatic rings. The molecule has 6 nitrogen and oxygen atoms in total. The van der Waals surface area contributed by atoms with Gasteiger partial charge in [-0.15, -0.1) is 0 Å². The second-order valence-electron chi connectivity index (χ2n) is 3.47. The minimum atomic E-state index is -0.503. The number of carbonyl (C=O) groups is 2. The summed E-state index contributed by atoms with van der Waals surface area (Å²) in [6.45, 7) is 4.06. The molecule has 6 heteroatoms. The zero-order valence-electron chi connectivity index (χ0n) is 9.69. The van der Waals surface area contributed by atoms with Crippen LogP contribution >= 0.6 is 0 Å². The van der Waals surface area contributed by atoms with E-state index in [9.17, 15) is 9.59 Å². The summed E-state index contributed by atoms with van der Waals surface area (Å²) in [6.07, 6.45) is 0.0853. The van der Waals surface area contributed by atoms with Gasteiger partial charge in [0.1, 0.15) is 23.9 Å². The van der Waals surface area contributed by atoms with Gasteiger partial charge in [0.25, 0.3) is 0 Å². The van der Waals surface area contributed by atoms with E-state index in [2.05, 4.69) is 14.8 Å². The molecule has 0 saturated heterocycles. The van der Waals surface area contributed by atoms with E-state index < -0.39 is 5.97 Å². The van der Waals surface area contributed by atoms with Gasteiger partial charge in [0.2, 0.25) is 0 Å². The van der Waals surface area contributed by atoms with Crippen LogP contribution in [0, 0.1) is 13.8 Å². The monoisotopic (exact) mass is 225 g/mol. The number of aryl methyl sites for hydroxylation is 3. The Morgan fingerprint density at radius 2 is 2.06 bits per heavy atom. The lowest BCUT2D eigenvalue weighted by atomic mass is 10.2. The molecule has 0 fully saturated rings. The third-order valence-electron chi connectivity index (χ3n) is 2.13. The fraction of sp³-hybridized carbons (Fsp3) is 0.600. The zero-order chi connectivity index (χ0) is 12.1. The molecule has 0 aliphatic rings. The van der Waals surface area contributed by atoms with Crippen LogP contribution in [0.1, 0.15) is 24.5 Å². The quantitative estimate of drug-likeness (QED) is 0.536. The maximum absolute atomic E-state index is 11.3. The normalized spacial score (nSPS) is 10.2. The maximum atomic E-state index is 11.3.